The van der Waals surface area contributed by atoms with E-state index in [4.69, 9.17) is 9.84 Å². The van der Waals surface area contributed by atoms with Crippen LogP contribution in [0.25, 0.3) is 0 Å². The number of hydrogen-bond donors (Lipinski definition) is 4. The molecule has 0 aromatic heterocycles. The van der Waals surface area contributed by atoms with Crippen LogP contribution in [0.15, 0.2) is 48.5 Å². The Morgan fingerprint density at radius 1 is 0.941 bits per heavy atom. The van der Waals surface area contributed by atoms with Gasteiger partial charge < -0.3 is 30.5 Å². The smallest absolute Gasteiger partial charge is 0.490 e. The Kier molecular flexibility index (Phi) is 8.58. The van der Waals surface area contributed by atoms with Gasteiger partial charge in [-0.1, -0.05) is 0 Å². The molecule has 0 atom stereocenters. The number of carbonyl (C=O) groups excluding carboxylic acids is 2. The molecule has 0 bridgehead atoms. The number of alkyl halides is 3. The van der Waals surface area contributed by atoms with Gasteiger partial charge in [-0.05, 0) is 74.2 Å². The molecule has 1 aliphatic carbocycles. The van der Waals surface area contributed by atoms with Crippen molar-refractivity contribution in [2.24, 2.45) is 0 Å². The zero-order valence-electron chi connectivity index (χ0n) is 18.2. The van der Waals surface area contributed by atoms with Crippen molar-refractivity contribution in [1.29, 1.82) is 0 Å². The van der Waals surface area contributed by atoms with Gasteiger partial charge in [0.1, 0.15) is 11.5 Å². The molecule has 2 aromatic rings. The summed E-state index contributed by atoms with van der Waals surface area (Å²) in [6, 6.07) is 11.2. The van der Waals surface area contributed by atoms with Gasteiger partial charge in [-0.2, -0.15) is 0 Å². The Labute approximate surface area is 194 Å². The van der Waals surface area contributed by atoms with Crippen LogP contribution in [0, 0.1) is 0 Å². The number of halogens is 3. The zero-order chi connectivity index (χ0) is 24.6. The standard InChI is InChI=1S/C23H26F3N3O5/c24-23(25,26)34-20-11-5-17(6-12-20)29-22(32)28-16-3-9-19(10-4-16)33-18-7-1-15(2-8-18)21(31)27-13-14-30/h1-2,5-8,11-12,16,19,30H,3-4,9-10,13-14H2,(H,27,31)(H2,28,29,32)/t16-,19-. The number of hydrogen-bond acceptors (Lipinski definition) is 5. The first-order valence-electron chi connectivity index (χ1n) is 10.8. The number of benzene rings is 2. The van der Waals surface area contributed by atoms with Gasteiger partial charge in [-0.3, -0.25) is 4.79 Å². The molecule has 3 amide bonds. The van der Waals surface area contributed by atoms with Crippen molar-refractivity contribution in [2.45, 2.75) is 44.2 Å². The highest BCUT2D eigenvalue weighted by Crippen LogP contribution is 2.25. The average molecular weight is 481 g/mol. The van der Waals surface area contributed by atoms with Crippen LogP contribution >= 0.6 is 0 Å². The van der Waals surface area contributed by atoms with Gasteiger partial charge in [0.25, 0.3) is 5.91 Å². The van der Waals surface area contributed by atoms with Gasteiger partial charge in [-0.25, -0.2) is 4.79 Å². The molecule has 0 saturated heterocycles. The minimum atomic E-state index is -4.77. The summed E-state index contributed by atoms with van der Waals surface area (Å²) < 4.78 is 46.4. The maximum absolute atomic E-state index is 12.2. The molecule has 3 rings (SSSR count). The molecular formula is C23H26F3N3O5. The summed E-state index contributed by atoms with van der Waals surface area (Å²) in [7, 11) is 0. The van der Waals surface area contributed by atoms with Crippen LogP contribution in [0.1, 0.15) is 36.0 Å². The maximum atomic E-state index is 12.2. The van der Waals surface area contributed by atoms with Crippen molar-refractivity contribution in [1.82, 2.24) is 10.6 Å². The predicted molar refractivity (Wildman–Crippen MR) is 118 cm³/mol. The molecule has 0 heterocycles. The van der Waals surface area contributed by atoms with Crippen LogP contribution < -0.4 is 25.4 Å². The lowest BCUT2D eigenvalue weighted by atomic mass is 9.93. The van der Waals surface area contributed by atoms with E-state index in [-0.39, 0.29) is 37.0 Å². The Balaban J connectivity index is 1.39. The van der Waals surface area contributed by atoms with Crippen molar-refractivity contribution in [3.8, 4) is 11.5 Å². The molecule has 2 aromatic carbocycles. The highest BCUT2D eigenvalue weighted by Gasteiger charge is 2.31. The largest absolute Gasteiger partial charge is 0.573 e. The Morgan fingerprint density at radius 3 is 2.15 bits per heavy atom. The van der Waals surface area contributed by atoms with E-state index in [1.807, 2.05) is 0 Å². The molecular weight excluding hydrogens is 455 g/mol. The van der Waals surface area contributed by atoms with E-state index < -0.39 is 12.4 Å². The molecule has 0 spiro atoms. The highest BCUT2D eigenvalue weighted by molar-refractivity contribution is 5.94. The number of anilines is 1. The summed E-state index contributed by atoms with van der Waals surface area (Å²) in [6.45, 7) is 0.0651. The quantitative estimate of drug-likeness (QED) is 0.459. The van der Waals surface area contributed by atoms with Gasteiger partial charge in [0.2, 0.25) is 0 Å². The fourth-order valence-corrected chi connectivity index (χ4v) is 3.57. The zero-order valence-corrected chi connectivity index (χ0v) is 18.2. The number of nitrogens with one attached hydrogen (secondary N) is 3. The van der Waals surface area contributed by atoms with Crippen molar-refractivity contribution >= 4 is 17.6 Å². The Hall–Kier alpha value is -3.47. The first-order chi connectivity index (χ1) is 16.2. The van der Waals surface area contributed by atoms with E-state index in [1.54, 1.807) is 24.3 Å². The number of aliphatic hydroxyl groups excluding tert-OH is 1. The van der Waals surface area contributed by atoms with E-state index >= 15 is 0 Å². The van der Waals surface area contributed by atoms with Crippen LogP contribution in [-0.2, 0) is 0 Å². The SMILES string of the molecule is O=C(Nc1ccc(OC(F)(F)F)cc1)N[C@H]1CC[C@H](Oc2ccc(C(=O)NCCO)cc2)CC1. The van der Waals surface area contributed by atoms with Crippen LogP contribution in [0.2, 0.25) is 0 Å². The van der Waals surface area contributed by atoms with Crippen molar-refractivity contribution in [3.05, 3.63) is 54.1 Å². The second-order valence-corrected chi connectivity index (χ2v) is 7.77. The lowest BCUT2D eigenvalue weighted by molar-refractivity contribution is -0.274. The summed E-state index contributed by atoms with van der Waals surface area (Å²) >= 11 is 0. The second kappa shape index (κ2) is 11.6. The van der Waals surface area contributed by atoms with Gasteiger partial charge in [-0.15, -0.1) is 13.2 Å². The van der Waals surface area contributed by atoms with Crippen molar-refractivity contribution in [2.75, 3.05) is 18.5 Å². The van der Waals surface area contributed by atoms with Crippen molar-refractivity contribution in [3.63, 3.8) is 0 Å². The van der Waals surface area contributed by atoms with Crippen LogP contribution in [-0.4, -0.2) is 48.7 Å². The summed E-state index contributed by atoms with van der Waals surface area (Å²) in [5.41, 5.74) is 0.819. The Bertz CT molecular complexity index is 944. The average Bonchev–Trinajstić information content (AvgIpc) is 2.79. The summed E-state index contributed by atoms with van der Waals surface area (Å²) in [5.74, 6) is 0.0123. The molecule has 1 aliphatic rings. The van der Waals surface area contributed by atoms with Gasteiger partial charge >= 0.3 is 12.4 Å². The molecule has 34 heavy (non-hydrogen) atoms. The third kappa shape index (κ3) is 8.14. The summed E-state index contributed by atoms with van der Waals surface area (Å²) in [4.78, 5) is 24.1. The molecule has 0 radical (unpaired) electrons. The van der Waals surface area contributed by atoms with Crippen molar-refractivity contribution < 1.29 is 37.3 Å². The summed E-state index contributed by atoms with van der Waals surface area (Å²) in [6.07, 6.45) is -1.91. The number of rotatable bonds is 8. The lowest BCUT2D eigenvalue weighted by Gasteiger charge is -2.29. The topological polar surface area (TPSA) is 109 Å². The van der Waals surface area contributed by atoms with Gasteiger partial charge in [0.05, 0.1) is 12.7 Å². The van der Waals surface area contributed by atoms with E-state index in [0.717, 1.165) is 25.0 Å². The van der Waals surface area contributed by atoms with Crippen LogP contribution in [0.5, 0.6) is 11.5 Å². The maximum Gasteiger partial charge on any atom is 0.573 e. The number of urea groups is 1. The molecule has 184 valence electrons. The van der Waals surface area contributed by atoms with Crippen LogP contribution in [0.4, 0.5) is 23.7 Å². The number of ether oxygens (including phenoxy) is 2. The third-order valence-electron chi connectivity index (χ3n) is 5.17. The number of carbonyl (C=O) groups is 2. The number of aliphatic hydroxyl groups is 1. The first kappa shape index (κ1) is 25.2. The van der Waals surface area contributed by atoms with Gasteiger partial charge in [0, 0.05) is 23.8 Å². The summed E-state index contributed by atoms with van der Waals surface area (Å²) in [5, 5.41) is 16.8. The monoisotopic (exact) mass is 481 g/mol. The van der Waals surface area contributed by atoms with E-state index in [0.29, 0.717) is 29.8 Å². The molecule has 1 saturated carbocycles. The Morgan fingerprint density at radius 2 is 1.56 bits per heavy atom. The molecule has 1 fully saturated rings. The first-order valence-corrected chi connectivity index (χ1v) is 10.8. The fourth-order valence-electron chi connectivity index (χ4n) is 3.57. The van der Waals surface area contributed by atoms with E-state index in [1.165, 1.54) is 12.1 Å². The van der Waals surface area contributed by atoms with E-state index in [2.05, 4.69) is 20.7 Å². The normalized spacial score (nSPS) is 18.0. The molecule has 0 aliphatic heterocycles. The third-order valence-corrected chi connectivity index (χ3v) is 5.17. The molecule has 8 nitrogen and oxygen atoms in total. The number of amides is 3. The predicted octanol–water partition coefficient (Wildman–Crippen LogP) is 3.82. The minimum absolute atomic E-state index is 0.0173. The molecule has 0 unspecified atom stereocenters. The molecule has 4 N–H and O–H groups in total. The molecule has 11 heteroatoms. The van der Waals surface area contributed by atoms with Crippen LogP contribution in [0.3, 0.4) is 0 Å². The van der Waals surface area contributed by atoms with Gasteiger partial charge in [0.15, 0.2) is 0 Å². The second-order valence-electron chi connectivity index (χ2n) is 7.77. The fraction of sp³-hybridized carbons (Fsp3) is 0.391. The lowest BCUT2D eigenvalue weighted by Crippen LogP contribution is -2.41. The van der Waals surface area contributed by atoms with E-state index in [9.17, 15) is 22.8 Å². The highest BCUT2D eigenvalue weighted by atomic mass is 19.4. The minimum Gasteiger partial charge on any atom is -0.490 e.